The van der Waals surface area contributed by atoms with Crippen LogP contribution < -0.4 is 0 Å². The van der Waals surface area contributed by atoms with Gasteiger partial charge >= 0.3 is 6.09 Å². The summed E-state index contributed by atoms with van der Waals surface area (Å²) in [4.78, 5) is 12.0. The lowest BCUT2D eigenvalue weighted by molar-refractivity contribution is 0.0521. The number of carbonyl (C=O) groups excluding carboxylic acids is 1. The van der Waals surface area contributed by atoms with Gasteiger partial charge in [-0.05, 0) is 55.5 Å². The first-order valence-corrected chi connectivity index (χ1v) is 7.33. The maximum absolute atomic E-state index is 14.0. The Hall–Kier alpha value is -0.700. The molecule has 0 radical (unpaired) electrons. The Labute approximate surface area is 131 Å². The molecule has 1 aromatic heterocycles. The Bertz CT molecular complexity index is 664. The van der Waals surface area contributed by atoms with Gasteiger partial charge < -0.3 is 4.74 Å². The molecule has 0 bridgehead atoms. The summed E-state index contributed by atoms with van der Waals surface area (Å²) >= 11 is 5.17. The minimum atomic E-state index is -0.693. The number of rotatable bonds is 0. The van der Waals surface area contributed by atoms with E-state index in [4.69, 9.17) is 4.74 Å². The van der Waals surface area contributed by atoms with Crippen LogP contribution in [0.3, 0.4) is 0 Å². The van der Waals surface area contributed by atoms with Crippen LogP contribution in [0.15, 0.2) is 16.6 Å². The van der Waals surface area contributed by atoms with Gasteiger partial charge in [0.1, 0.15) is 14.8 Å². The predicted octanol–water partition coefficient (Wildman–Crippen LogP) is 4.33. The lowest BCUT2D eigenvalue weighted by Crippen LogP contribution is -2.28. The molecule has 0 spiro atoms. The van der Waals surface area contributed by atoms with Gasteiger partial charge in [-0.15, -0.1) is 0 Å². The van der Waals surface area contributed by atoms with Gasteiger partial charge in [0.05, 0.1) is 0 Å². The SMILES string of the molecule is CC(C)(C)OC(=O)n1nc(I)c2cc(Br)cc(F)c21. The smallest absolute Gasteiger partial charge is 0.435 e. The second kappa shape index (κ2) is 5.01. The zero-order valence-corrected chi connectivity index (χ0v) is 14.2. The van der Waals surface area contributed by atoms with Crippen LogP contribution in [-0.2, 0) is 4.74 Å². The summed E-state index contributed by atoms with van der Waals surface area (Å²) in [5.41, 5.74) is -0.533. The van der Waals surface area contributed by atoms with Crippen LogP contribution in [0, 0.1) is 9.52 Å². The molecule has 0 amide bonds. The van der Waals surface area contributed by atoms with Crippen molar-refractivity contribution in [1.82, 2.24) is 9.78 Å². The standard InChI is InChI=1S/C12H11BrFIN2O2/c1-12(2,3)19-11(18)17-9-7(10(15)16-17)4-6(13)5-8(9)14/h4-5H,1-3H3. The Kier molecular flexibility index (Phi) is 3.87. The summed E-state index contributed by atoms with van der Waals surface area (Å²) in [6.45, 7) is 5.23. The Balaban J connectivity index is 2.59. The van der Waals surface area contributed by atoms with Crippen molar-refractivity contribution >= 4 is 55.5 Å². The molecule has 2 aromatic rings. The molecule has 0 unspecified atom stereocenters. The Morgan fingerprint density at radius 3 is 2.68 bits per heavy atom. The molecule has 0 fully saturated rings. The number of ether oxygens (including phenoxy) is 1. The molecule has 1 heterocycles. The van der Waals surface area contributed by atoms with Crippen LogP contribution in [-0.4, -0.2) is 21.5 Å². The first-order valence-electron chi connectivity index (χ1n) is 5.45. The number of halogens is 3. The highest BCUT2D eigenvalue weighted by Crippen LogP contribution is 2.27. The van der Waals surface area contributed by atoms with E-state index < -0.39 is 17.5 Å². The number of hydrogen-bond acceptors (Lipinski definition) is 3. The zero-order chi connectivity index (χ0) is 14.4. The summed E-state index contributed by atoms with van der Waals surface area (Å²) in [6.07, 6.45) is -0.693. The molecular weight excluding hydrogens is 430 g/mol. The third-order valence-electron chi connectivity index (χ3n) is 2.22. The molecule has 0 saturated carbocycles. The van der Waals surface area contributed by atoms with E-state index in [9.17, 15) is 9.18 Å². The van der Waals surface area contributed by atoms with Gasteiger partial charge in [0, 0.05) is 9.86 Å². The first-order chi connectivity index (χ1) is 8.69. The second-order valence-corrected chi connectivity index (χ2v) is 6.90. The van der Waals surface area contributed by atoms with Crippen LogP contribution in [0.2, 0.25) is 0 Å². The van der Waals surface area contributed by atoms with Gasteiger partial charge in [-0.3, -0.25) is 0 Å². The Morgan fingerprint density at radius 1 is 1.47 bits per heavy atom. The fourth-order valence-corrected chi connectivity index (χ4v) is 2.62. The van der Waals surface area contributed by atoms with Gasteiger partial charge in [-0.2, -0.15) is 9.78 Å². The summed E-state index contributed by atoms with van der Waals surface area (Å²) < 4.78 is 21.3. The van der Waals surface area contributed by atoms with E-state index in [0.29, 0.717) is 13.6 Å². The molecule has 0 aliphatic carbocycles. The molecule has 0 aliphatic heterocycles. The van der Waals surface area contributed by atoms with Crippen LogP contribution in [0.1, 0.15) is 20.8 Å². The summed E-state index contributed by atoms with van der Waals surface area (Å²) in [5, 5.41) is 4.61. The highest BCUT2D eigenvalue weighted by atomic mass is 127. The molecule has 0 atom stereocenters. The summed E-state index contributed by atoms with van der Waals surface area (Å²) in [5.74, 6) is -0.523. The van der Waals surface area contributed by atoms with Gasteiger partial charge in [-0.1, -0.05) is 15.9 Å². The number of nitrogens with zero attached hydrogens (tertiary/aromatic N) is 2. The van der Waals surface area contributed by atoms with Crippen molar-refractivity contribution in [3.8, 4) is 0 Å². The van der Waals surface area contributed by atoms with Crippen molar-refractivity contribution < 1.29 is 13.9 Å². The van der Waals surface area contributed by atoms with Crippen LogP contribution in [0.4, 0.5) is 9.18 Å². The monoisotopic (exact) mass is 440 g/mol. The normalized spacial score (nSPS) is 11.9. The maximum atomic E-state index is 14.0. The highest BCUT2D eigenvalue weighted by molar-refractivity contribution is 14.1. The number of carbonyl (C=O) groups is 1. The Morgan fingerprint density at radius 2 is 2.11 bits per heavy atom. The zero-order valence-electron chi connectivity index (χ0n) is 10.5. The molecule has 2 rings (SSSR count). The van der Waals surface area contributed by atoms with Gasteiger partial charge in [-0.25, -0.2) is 9.18 Å². The van der Waals surface area contributed by atoms with E-state index in [2.05, 4.69) is 21.0 Å². The lowest BCUT2D eigenvalue weighted by Gasteiger charge is -2.19. The average molecular weight is 441 g/mol. The van der Waals surface area contributed by atoms with E-state index in [1.54, 1.807) is 26.8 Å². The minimum absolute atomic E-state index is 0.127. The van der Waals surface area contributed by atoms with E-state index in [0.717, 1.165) is 4.68 Å². The van der Waals surface area contributed by atoms with E-state index >= 15 is 0 Å². The first kappa shape index (κ1) is 14.7. The average Bonchev–Trinajstić information content (AvgIpc) is 2.54. The molecule has 102 valence electrons. The fourth-order valence-electron chi connectivity index (χ4n) is 1.57. The summed E-state index contributed by atoms with van der Waals surface area (Å²) in [7, 11) is 0. The topological polar surface area (TPSA) is 44.1 Å². The van der Waals surface area contributed by atoms with Crippen LogP contribution >= 0.6 is 38.5 Å². The molecule has 0 N–H and O–H groups in total. The minimum Gasteiger partial charge on any atom is -0.442 e. The molecular formula is C12H11BrFIN2O2. The fraction of sp³-hybridized carbons (Fsp3) is 0.333. The van der Waals surface area contributed by atoms with Crippen molar-refractivity contribution in [3.63, 3.8) is 0 Å². The lowest BCUT2D eigenvalue weighted by atomic mass is 10.2. The molecule has 0 aliphatic rings. The van der Waals surface area contributed by atoms with E-state index in [1.165, 1.54) is 6.07 Å². The molecule has 0 saturated heterocycles. The highest BCUT2D eigenvalue weighted by Gasteiger charge is 2.23. The number of aromatic nitrogens is 2. The van der Waals surface area contributed by atoms with Gasteiger partial charge in [0.15, 0.2) is 5.82 Å². The third kappa shape index (κ3) is 3.07. The summed E-state index contributed by atoms with van der Waals surface area (Å²) in [6, 6.07) is 3.01. The van der Waals surface area contributed by atoms with Gasteiger partial charge in [0.2, 0.25) is 0 Å². The molecule has 1 aromatic carbocycles. The number of fused-ring (bicyclic) bond motifs is 1. The van der Waals surface area contributed by atoms with Crippen LogP contribution in [0.5, 0.6) is 0 Å². The van der Waals surface area contributed by atoms with E-state index in [1.807, 2.05) is 22.6 Å². The molecule has 4 nitrogen and oxygen atoms in total. The molecule has 19 heavy (non-hydrogen) atoms. The van der Waals surface area contributed by atoms with Crippen molar-refractivity contribution in [2.24, 2.45) is 0 Å². The molecule has 7 heteroatoms. The van der Waals surface area contributed by atoms with Crippen molar-refractivity contribution in [3.05, 3.63) is 26.1 Å². The maximum Gasteiger partial charge on any atom is 0.435 e. The quantitative estimate of drug-likeness (QED) is 0.573. The largest absolute Gasteiger partial charge is 0.442 e. The number of benzene rings is 1. The predicted molar refractivity (Wildman–Crippen MR) is 81.7 cm³/mol. The van der Waals surface area contributed by atoms with Crippen LogP contribution in [0.25, 0.3) is 10.9 Å². The van der Waals surface area contributed by atoms with Crippen molar-refractivity contribution in [2.45, 2.75) is 26.4 Å². The van der Waals surface area contributed by atoms with Crippen molar-refractivity contribution in [2.75, 3.05) is 0 Å². The van der Waals surface area contributed by atoms with E-state index in [-0.39, 0.29) is 5.52 Å². The number of hydrogen-bond donors (Lipinski definition) is 0. The van der Waals surface area contributed by atoms with Crippen molar-refractivity contribution in [1.29, 1.82) is 0 Å². The second-order valence-electron chi connectivity index (χ2n) is 4.97. The van der Waals surface area contributed by atoms with Gasteiger partial charge in [0.25, 0.3) is 0 Å². The third-order valence-corrected chi connectivity index (χ3v) is 3.47.